The highest BCUT2D eigenvalue weighted by Crippen LogP contribution is 2.53. The fourth-order valence-electron chi connectivity index (χ4n) is 5.79. The molecule has 0 fully saturated rings. The molecule has 0 amide bonds. The summed E-state index contributed by atoms with van der Waals surface area (Å²) in [5.74, 6) is 0.758. The first-order chi connectivity index (χ1) is 18.1. The van der Waals surface area contributed by atoms with Crippen LogP contribution >= 0.6 is 0 Å². The number of rotatable bonds is 3. The van der Waals surface area contributed by atoms with Crippen LogP contribution in [0.5, 0.6) is 0 Å². The average Bonchev–Trinajstić information content (AvgIpc) is 3.20. The van der Waals surface area contributed by atoms with Crippen molar-refractivity contribution < 1.29 is 0 Å². The van der Waals surface area contributed by atoms with Crippen LogP contribution in [0.4, 0.5) is 0 Å². The van der Waals surface area contributed by atoms with Gasteiger partial charge in [0.1, 0.15) is 0 Å². The zero-order chi connectivity index (χ0) is 25.0. The van der Waals surface area contributed by atoms with Gasteiger partial charge in [0.25, 0.3) is 0 Å². The topological polar surface area (TPSA) is 25.8 Å². The highest BCUT2D eigenvalue weighted by atomic mass is 14.9. The Morgan fingerprint density at radius 1 is 0.486 bits per heavy atom. The quantitative estimate of drug-likeness (QED) is 0.256. The molecule has 6 aromatic rings. The van der Waals surface area contributed by atoms with Gasteiger partial charge in [-0.05, 0) is 27.5 Å². The van der Waals surface area contributed by atoms with E-state index in [9.17, 15) is 0 Å². The SMILES string of the molecule is CC1(C)c2ccc3ccccc3c2-c2nc(-c3ccc(-c4ccccc4)cc3)nc(-c3ccccc3)c21. The number of hydrogen-bond donors (Lipinski definition) is 0. The second kappa shape index (κ2) is 8.25. The van der Waals surface area contributed by atoms with Crippen LogP contribution < -0.4 is 0 Å². The van der Waals surface area contributed by atoms with Crippen molar-refractivity contribution in [1.82, 2.24) is 9.97 Å². The summed E-state index contributed by atoms with van der Waals surface area (Å²) in [4.78, 5) is 10.5. The third-order valence-corrected chi connectivity index (χ3v) is 7.67. The monoisotopic (exact) mass is 474 g/mol. The second-order valence-electron chi connectivity index (χ2n) is 10.3. The molecule has 0 saturated carbocycles. The molecule has 0 bridgehead atoms. The third-order valence-electron chi connectivity index (χ3n) is 7.67. The van der Waals surface area contributed by atoms with Crippen molar-refractivity contribution in [3.63, 3.8) is 0 Å². The molecule has 0 aliphatic heterocycles. The number of nitrogens with zero attached hydrogens (tertiary/aromatic N) is 2. The van der Waals surface area contributed by atoms with E-state index < -0.39 is 0 Å². The van der Waals surface area contributed by atoms with E-state index in [1.807, 2.05) is 6.07 Å². The van der Waals surface area contributed by atoms with Gasteiger partial charge in [-0.15, -0.1) is 0 Å². The van der Waals surface area contributed by atoms with Gasteiger partial charge < -0.3 is 0 Å². The Labute approximate surface area is 217 Å². The van der Waals surface area contributed by atoms with Gasteiger partial charge in [0.2, 0.25) is 0 Å². The van der Waals surface area contributed by atoms with Crippen molar-refractivity contribution in [1.29, 1.82) is 0 Å². The Morgan fingerprint density at radius 2 is 1.05 bits per heavy atom. The first kappa shape index (κ1) is 21.7. The molecule has 176 valence electrons. The van der Waals surface area contributed by atoms with Gasteiger partial charge in [-0.2, -0.15) is 0 Å². The lowest BCUT2D eigenvalue weighted by Crippen LogP contribution is -2.17. The molecule has 0 atom stereocenters. The van der Waals surface area contributed by atoms with E-state index in [0.717, 1.165) is 28.3 Å². The fourth-order valence-corrected chi connectivity index (χ4v) is 5.79. The van der Waals surface area contributed by atoms with Crippen molar-refractivity contribution in [3.8, 4) is 45.0 Å². The van der Waals surface area contributed by atoms with Crippen LogP contribution in [0.25, 0.3) is 55.8 Å². The minimum absolute atomic E-state index is 0.213. The lowest BCUT2D eigenvalue weighted by molar-refractivity contribution is 0.658. The average molecular weight is 475 g/mol. The van der Waals surface area contributed by atoms with E-state index in [2.05, 4.69) is 129 Å². The van der Waals surface area contributed by atoms with E-state index >= 15 is 0 Å². The van der Waals surface area contributed by atoms with Crippen molar-refractivity contribution in [2.45, 2.75) is 19.3 Å². The molecule has 1 aromatic heterocycles. The lowest BCUT2D eigenvalue weighted by atomic mass is 9.80. The van der Waals surface area contributed by atoms with E-state index in [1.165, 1.54) is 38.6 Å². The van der Waals surface area contributed by atoms with Crippen LogP contribution in [-0.2, 0) is 5.41 Å². The zero-order valence-electron chi connectivity index (χ0n) is 20.9. The van der Waals surface area contributed by atoms with Gasteiger partial charge in [-0.1, -0.05) is 135 Å². The van der Waals surface area contributed by atoms with Crippen LogP contribution in [0.2, 0.25) is 0 Å². The number of benzene rings is 5. The predicted molar refractivity (Wildman–Crippen MR) is 153 cm³/mol. The van der Waals surface area contributed by atoms with E-state index in [-0.39, 0.29) is 5.41 Å². The van der Waals surface area contributed by atoms with Crippen LogP contribution in [0.3, 0.4) is 0 Å². The standard InChI is InChI=1S/C35H26N2/c1-35(2)29-22-21-25-13-9-10-16-28(25)30(29)33-31(35)32(26-14-7-4-8-15-26)36-34(37-33)27-19-17-24(18-20-27)23-11-5-3-6-12-23/h3-22H,1-2H3. The smallest absolute Gasteiger partial charge is 0.160 e. The van der Waals surface area contributed by atoms with Gasteiger partial charge in [-0.25, -0.2) is 9.97 Å². The van der Waals surface area contributed by atoms with Crippen molar-refractivity contribution in [2.75, 3.05) is 0 Å². The molecule has 1 aliphatic carbocycles. The van der Waals surface area contributed by atoms with Gasteiger partial charge in [0.15, 0.2) is 5.82 Å². The molecular formula is C35H26N2. The van der Waals surface area contributed by atoms with Crippen LogP contribution in [0, 0.1) is 0 Å². The molecule has 7 rings (SSSR count). The summed E-state index contributed by atoms with van der Waals surface area (Å²) in [6.45, 7) is 4.60. The summed E-state index contributed by atoms with van der Waals surface area (Å²) in [6, 6.07) is 42.8. The highest BCUT2D eigenvalue weighted by molar-refractivity contribution is 6.02. The maximum atomic E-state index is 5.29. The molecule has 2 nitrogen and oxygen atoms in total. The lowest BCUT2D eigenvalue weighted by Gasteiger charge is -2.24. The molecule has 0 N–H and O–H groups in total. The summed E-state index contributed by atoms with van der Waals surface area (Å²) in [5.41, 5.74) is 10.1. The molecule has 0 saturated heterocycles. The minimum atomic E-state index is -0.213. The molecule has 1 heterocycles. The van der Waals surface area contributed by atoms with Gasteiger partial charge in [-0.3, -0.25) is 0 Å². The van der Waals surface area contributed by atoms with Gasteiger partial charge in [0.05, 0.1) is 11.4 Å². The molecule has 1 aliphatic rings. The van der Waals surface area contributed by atoms with Crippen molar-refractivity contribution in [2.24, 2.45) is 0 Å². The van der Waals surface area contributed by atoms with Gasteiger partial charge >= 0.3 is 0 Å². The summed E-state index contributed by atoms with van der Waals surface area (Å²) in [6.07, 6.45) is 0. The maximum Gasteiger partial charge on any atom is 0.160 e. The predicted octanol–water partition coefficient (Wildman–Crippen LogP) is 8.94. The molecule has 2 heteroatoms. The summed E-state index contributed by atoms with van der Waals surface area (Å²) < 4.78 is 0. The Kier molecular flexibility index (Phi) is 4.84. The van der Waals surface area contributed by atoms with E-state index in [4.69, 9.17) is 9.97 Å². The molecule has 5 aromatic carbocycles. The normalized spacial score (nSPS) is 13.4. The number of fused-ring (bicyclic) bond motifs is 5. The molecule has 0 spiro atoms. The summed E-state index contributed by atoms with van der Waals surface area (Å²) in [7, 11) is 0. The van der Waals surface area contributed by atoms with Crippen LogP contribution in [0.1, 0.15) is 25.0 Å². The van der Waals surface area contributed by atoms with Gasteiger partial charge in [0, 0.05) is 27.7 Å². The third kappa shape index (κ3) is 3.41. The number of hydrogen-bond acceptors (Lipinski definition) is 2. The van der Waals surface area contributed by atoms with Crippen molar-refractivity contribution in [3.05, 3.63) is 132 Å². The maximum absolute atomic E-state index is 5.29. The first-order valence-electron chi connectivity index (χ1n) is 12.8. The molecule has 0 unspecified atom stereocenters. The summed E-state index contributed by atoms with van der Waals surface area (Å²) in [5, 5.41) is 2.48. The van der Waals surface area contributed by atoms with E-state index in [1.54, 1.807) is 0 Å². The minimum Gasteiger partial charge on any atom is -0.228 e. The fraction of sp³-hybridized carbons (Fsp3) is 0.0857. The zero-order valence-corrected chi connectivity index (χ0v) is 20.9. The van der Waals surface area contributed by atoms with Crippen molar-refractivity contribution >= 4 is 10.8 Å². The Bertz CT molecular complexity index is 1770. The first-order valence-corrected chi connectivity index (χ1v) is 12.8. The van der Waals surface area contributed by atoms with Crippen LogP contribution in [0.15, 0.2) is 121 Å². The van der Waals surface area contributed by atoms with E-state index in [0.29, 0.717) is 0 Å². The largest absolute Gasteiger partial charge is 0.228 e. The Balaban J connectivity index is 1.49. The molecular weight excluding hydrogens is 448 g/mol. The molecule has 0 radical (unpaired) electrons. The Morgan fingerprint density at radius 3 is 1.78 bits per heavy atom. The molecule has 37 heavy (non-hydrogen) atoms. The highest BCUT2D eigenvalue weighted by Gasteiger charge is 2.41. The Hall–Kier alpha value is -4.56. The summed E-state index contributed by atoms with van der Waals surface area (Å²) >= 11 is 0. The van der Waals surface area contributed by atoms with Crippen LogP contribution in [-0.4, -0.2) is 9.97 Å². The second-order valence-corrected chi connectivity index (χ2v) is 10.3. The number of aromatic nitrogens is 2.